The van der Waals surface area contributed by atoms with E-state index in [0.29, 0.717) is 28.3 Å². The minimum absolute atomic E-state index is 0.116. The molecule has 7 nitrogen and oxygen atoms in total. The van der Waals surface area contributed by atoms with E-state index < -0.39 is 5.63 Å². The number of thiazole rings is 1. The highest BCUT2D eigenvalue weighted by atomic mass is 32.1. The van der Waals surface area contributed by atoms with Crippen LogP contribution in [0.2, 0.25) is 0 Å². The molecule has 29 heavy (non-hydrogen) atoms. The first-order valence-corrected chi connectivity index (χ1v) is 9.58. The number of rotatable bonds is 5. The summed E-state index contributed by atoms with van der Waals surface area (Å²) in [6.45, 7) is 1.66. The lowest BCUT2D eigenvalue weighted by Gasteiger charge is -2.08. The maximum Gasteiger partial charge on any atom is 0.345 e. The number of phenols is 1. The number of aromatic nitrogens is 1. The average molecular weight is 408 g/mol. The van der Waals surface area contributed by atoms with Crippen molar-refractivity contribution in [3.05, 3.63) is 69.3 Å². The van der Waals surface area contributed by atoms with Crippen LogP contribution < -0.4 is 15.7 Å². The highest BCUT2D eigenvalue weighted by Gasteiger charge is 2.12. The van der Waals surface area contributed by atoms with E-state index in [2.05, 4.69) is 10.3 Å². The minimum Gasteiger partial charge on any atom is -0.508 e. The monoisotopic (exact) mass is 408 g/mol. The van der Waals surface area contributed by atoms with Gasteiger partial charge in [0.25, 0.3) is 5.91 Å². The van der Waals surface area contributed by atoms with Crippen LogP contribution in [0.5, 0.6) is 11.5 Å². The molecule has 0 spiro atoms. The van der Waals surface area contributed by atoms with E-state index in [1.807, 2.05) is 12.3 Å². The van der Waals surface area contributed by atoms with Gasteiger partial charge in [0, 0.05) is 22.5 Å². The summed E-state index contributed by atoms with van der Waals surface area (Å²) in [5.74, 6) is 0.162. The van der Waals surface area contributed by atoms with Crippen molar-refractivity contribution >= 4 is 33.9 Å². The minimum atomic E-state index is -0.481. The highest BCUT2D eigenvalue weighted by Crippen LogP contribution is 2.25. The Bertz CT molecular complexity index is 1240. The Morgan fingerprint density at radius 1 is 1.21 bits per heavy atom. The first kappa shape index (κ1) is 18.7. The molecular weight excluding hydrogens is 392 g/mol. The quantitative estimate of drug-likeness (QED) is 0.383. The second-order valence-corrected chi connectivity index (χ2v) is 7.34. The molecule has 1 amide bonds. The molecule has 8 heteroatoms. The molecule has 0 aliphatic heterocycles. The fraction of sp³-hybridized carbons (Fsp3) is 0.0952. The van der Waals surface area contributed by atoms with E-state index in [1.54, 1.807) is 36.4 Å². The molecule has 0 fully saturated rings. The summed E-state index contributed by atoms with van der Waals surface area (Å²) in [7, 11) is 0. The van der Waals surface area contributed by atoms with Crippen molar-refractivity contribution in [2.45, 2.75) is 6.92 Å². The maximum atomic E-state index is 12.3. The number of benzene rings is 2. The maximum absolute atomic E-state index is 12.3. The number of nitrogens with zero attached hydrogens (tertiary/aromatic N) is 1. The number of fused-ring (bicyclic) bond motifs is 1. The third-order valence-corrected chi connectivity index (χ3v) is 4.90. The lowest BCUT2D eigenvalue weighted by molar-refractivity contribution is -0.118. The number of amides is 1. The fourth-order valence-electron chi connectivity index (χ4n) is 2.74. The molecule has 4 aromatic rings. The van der Waals surface area contributed by atoms with Gasteiger partial charge in [-0.15, -0.1) is 11.3 Å². The molecule has 0 aliphatic rings. The molecule has 2 N–H and O–H groups in total. The predicted octanol–water partition coefficient (Wildman–Crippen LogP) is 3.95. The van der Waals surface area contributed by atoms with Gasteiger partial charge in [-0.25, -0.2) is 9.78 Å². The van der Waals surface area contributed by atoms with Crippen LogP contribution in [0.1, 0.15) is 5.01 Å². The van der Waals surface area contributed by atoms with Crippen molar-refractivity contribution in [2.75, 3.05) is 11.9 Å². The molecule has 0 aliphatic carbocycles. The van der Waals surface area contributed by atoms with E-state index in [9.17, 15) is 14.7 Å². The number of carbonyl (C=O) groups excluding carboxylic acids is 1. The van der Waals surface area contributed by atoms with E-state index >= 15 is 0 Å². The van der Waals surface area contributed by atoms with Gasteiger partial charge >= 0.3 is 5.63 Å². The van der Waals surface area contributed by atoms with Crippen molar-refractivity contribution in [3.63, 3.8) is 0 Å². The second-order valence-electron chi connectivity index (χ2n) is 6.28. The van der Waals surface area contributed by atoms with E-state index in [-0.39, 0.29) is 18.3 Å². The topological polar surface area (TPSA) is 102 Å². The van der Waals surface area contributed by atoms with Gasteiger partial charge < -0.3 is 19.6 Å². The Labute approximate surface area is 169 Å². The molecule has 2 heterocycles. The summed E-state index contributed by atoms with van der Waals surface area (Å²) < 4.78 is 10.9. The smallest absolute Gasteiger partial charge is 0.345 e. The SMILES string of the molecule is Cc1nc(-c2cc3ccc(OCC(=O)Nc4ccc(O)cc4)cc3oc2=O)cs1. The van der Waals surface area contributed by atoms with Crippen molar-refractivity contribution in [1.29, 1.82) is 0 Å². The Kier molecular flexibility index (Phi) is 5.01. The molecular formula is C21H16N2O5S. The Balaban J connectivity index is 1.48. The van der Waals surface area contributed by atoms with Gasteiger partial charge in [-0.3, -0.25) is 4.79 Å². The number of hydrogen-bond acceptors (Lipinski definition) is 7. The first-order valence-electron chi connectivity index (χ1n) is 8.70. The zero-order valence-electron chi connectivity index (χ0n) is 15.3. The molecule has 0 radical (unpaired) electrons. The number of aromatic hydroxyl groups is 1. The zero-order chi connectivity index (χ0) is 20.4. The lowest BCUT2D eigenvalue weighted by atomic mass is 10.1. The molecule has 2 aromatic carbocycles. The van der Waals surface area contributed by atoms with Gasteiger partial charge in [-0.1, -0.05) is 0 Å². The van der Waals surface area contributed by atoms with Crippen LogP contribution in [0, 0.1) is 6.92 Å². The molecule has 0 atom stereocenters. The van der Waals surface area contributed by atoms with Gasteiger partial charge in [0.15, 0.2) is 6.61 Å². The predicted molar refractivity (Wildman–Crippen MR) is 111 cm³/mol. The van der Waals surface area contributed by atoms with Crippen LogP contribution in [-0.2, 0) is 4.79 Å². The molecule has 4 rings (SSSR count). The molecule has 2 aromatic heterocycles. The van der Waals surface area contributed by atoms with Gasteiger partial charge in [-0.05, 0) is 49.4 Å². The fourth-order valence-corrected chi connectivity index (χ4v) is 3.35. The number of phenolic OH excluding ortho intramolecular Hbond substituents is 1. The lowest BCUT2D eigenvalue weighted by Crippen LogP contribution is -2.20. The number of ether oxygens (including phenoxy) is 1. The van der Waals surface area contributed by atoms with Crippen molar-refractivity contribution in [2.24, 2.45) is 0 Å². The summed E-state index contributed by atoms with van der Waals surface area (Å²) >= 11 is 1.46. The number of hydrogen-bond donors (Lipinski definition) is 2. The van der Waals surface area contributed by atoms with Crippen LogP contribution in [0.4, 0.5) is 5.69 Å². The number of anilines is 1. The van der Waals surface area contributed by atoms with Crippen LogP contribution in [0.3, 0.4) is 0 Å². The average Bonchev–Trinajstić information content (AvgIpc) is 3.13. The highest BCUT2D eigenvalue weighted by molar-refractivity contribution is 7.09. The zero-order valence-corrected chi connectivity index (χ0v) is 16.2. The molecule has 0 unspecified atom stereocenters. The van der Waals surface area contributed by atoms with Crippen LogP contribution in [0.25, 0.3) is 22.2 Å². The summed E-state index contributed by atoms with van der Waals surface area (Å²) in [5, 5.41) is 15.3. The van der Waals surface area contributed by atoms with E-state index in [0.717, 1.165) is 10.4 Å². The van der Waals surface area contributed by atoms with E-state index in [4.69, 9.17) is 9.15 Å². The Morgan fingerprint density at radius 2 is 2.00 bits per heavy atom. The van der Waals surface area contributed by atoms with Crippen LogP contribution in [-0.4, -0.2) is 22.6 Å². The molecule has 146 valence electrons. The second kappa shape index (κ2) is 7.76. The Morgan fingerprint density at radius 3 is 2.72 bits per heavy atom. The van der Waals surface area contributed by atoms with Crippen LogP contribution >= 0.6 is 11.3 Å². The van der Waals surface area contributed by atoms with Crippen molar-refractivity contribution in [3.8, 4) is 22.8 Å². The van der Waals surface area contributed by atoms with Crippen LogP contribution in [0.15, 0.2) is 63.1 Å². The summed E-state index contributed by atoms with van der Waals surface area (Å²) in [4.78, 5) is 28.7. The van der Waals surface area contributed by atoms with Gasteiger partial charge in [0.2, 0.25) is 0 Å². The van der Waals surface area contributed by atoms with Gasteiger partial charge in [0.1, 0.15) is 17.1 Å². The third kappa shape index (κ3) is 4.27. The molecule has 0 bridgehead atoms. The number of nitrogens with one attached hydrogen (secondary N) is 1. The third-order valence-electron chi connectivity index (χ3n) is 4.12. The van der Waals surface area contributed by atoms with Gasteiger partial charge in [0.05, 0.1) is 16.3 Å². The molecule has 0 saturated carbocycles. The van der Waals surface area contributed by atoms with Gasteiger partial charge in [-0.2, -0.15) is 0 Å². The molecule has 0 saturated heterocycles. The van der Waals surface area contributed by atoms with E-state index in [1.165, 1.54) is 23.5 Å². The number of aryl methyl sites for hydroxylation is 1. The van der Waals surface area contributed by atoms with Crippen molar-refractivity contribution < 1.29 is 19.1 Å². The summed E-state index contributed by atoms with van der Waals surface area (Å²) in [5.41, 5.74) is 1.43. The number of carbonyl (C=O) groups is 1. The normalized spacial score (nSPS) is 10.8. The summed E-state index contributed by atoms with van der Waals surface area (Å²) in [6, 6.07) is 12.9. The largest absolute Gasteiger partial charge is 0.508 e. The summed E-state index contributed by atoms with van der Waals surface area (Å²) in [6.07, 6.45) is 0. The Hall–Kier alpha value is -3.65. The standard InChI is InChI=1S/C21H16N2O5S/c1-12-22-18(11-29-12)17-8-13-2-7-16(9-19(13)28-21(17)26)27-10-20(25)23-14-3-5-15(24)6-4-14/h2-9,11,24H,10H2,1H3,(H,23,25). The first-order chi connectivity index (χ1) is 14.0. The van der Waals surface area contributed by atoms with Crippen molar-refractivity contribution in [1.82, 2.24) is 4.98 Å².